The van der Waals surface area contributed by atoms with Crippen molar-refractivity contribution in [3.8, 4) is 0 Å². The highest BCUT2D eigenvalue weighted by Gasteiger charge is 2.21. The zero-order valence-corrected chi connectivity index (χ0v) is 19.3. The number of hydrogen-bond donors (Lipinski definition) is 3. The van der Waals surface area contributed by atoms with Gasteiger partial charge in [0.2, 0.25) is 0 Å². The van der Waals surface area contributed by atoms with Crippen LogP contribution in [0.5, 0.6) is 0 Å². The quantitative estimate of drug-likeness (QED) is 0.597. The van der Waals surface area contributed by atoms with Crippen molar-refractivity contribution in [1.82, 2.24) is 20.5 Å². The summed E-state index contributed by atoms with van der Waals surface area (Å²) in [6.45, 7) is 3.01. The highest BCUT2D eigenvalue weighted by molar-refractivity contribution is 5.95. The Morgan fingerprint density at radius 1 is 0.848 bits per heavy atom. The number of rotatable bonds is 7. The van der Waals surface area contributed by atoms with Crippen LogP contribution in [0.15, 0.2) is 48.8 Å². The summed E-state index contributed by atoms with van der Waals surface area (Å²) >= 11 is 0. The van der Waals surface area contributed by atoms with E-state index in [0.717, 1.165) is 51.7 Å². The van der Waals surface area contributed by atoms with E-state index in [0.29, 0.717) is 11.3 Å². The van der Waals surface area contributed by atoms with Crippen LogP contribution in [0.25, 0.3) is 0 Å². The van der Waals surface area contributed by atoms with Gasteiger partial charge in [0.1, 0.15) is 0 Å². The molecule has 4 rings (SSSR count). The third-order valence-corrected chi connectivity index (χ3v) is 6.73. The topological polar surface area (TPSA) is 86.4 Å². The normalized spacial score (nSPS) is 17.9. The lowest BCUT2D eigenvalue weighted by atomic mass is 9.95. The van der Waals surface area contributed by atoms with Gasteiger partial charge >= 0.3 is 6.03 Å². The number of hydrogen-bond acceptors (Lipinski definition) is 4. The first-order valence-corrected chi connectivity index (χ1v) is 12.3. The summed E-state index contributed by atoms with van der Waals surface area (Å²) in [7, 11) is 0. The monoisotopic (exact) mass is 449 g/mol. The molecule has 0 bridgehead atoms. The number of pyridine rings is 1. The van der Waals surface area contributed by atoms with Crippen molar-refractivity contribution in [2.24, 2.45) is 0 Å². The van der Waals surface area contributed by atoms with Gasteiger partial charge in [0.05, 0.1) is 0 Å². The van der Waals surface area contributed by atoms with Crippen molar-refractivity contribution in [3.05, 3.63) is 59.9 Å². The fourth-order valence-corrected chi connectivity index (χ4v) is 4.71. The first-order chi connectivity index (χ1) is 16.2. The Hall–Kier alpha value is -2.93. The Kier molecular flexibility index (Phi) is 8.30. The molecule has 1 aromatic heterocycles. The van der Waals surface area contributed by atoms with Crippen LogP contribution in [0, 0.1) is 0 Å². The second kappa shape index (κ2) is 11.8. The number of likely N-dealkylation sites (tertiary alicyclic amines) is 1. The molecule has 3 amide bonds. The Morgan fingerprint density at radius 2 is 1.52 bits per heavy atom. The standard InChI is InChI=1S/C26H35N5O2/c32-25(28-22-4-2-1-3-5-22)21-6-8-23(9-7-21)29-26(33)30-24-13-18-31(19-14-24)17-12-20-10-15-27-16-11-20/h6-11,15-16,22,24H,1-5,12-14,17-19H2,(H,28,32)(H2,29,30,33). The van der Waals surface area contributed by atoms with Gasteiger partial charge in [-0.15, -0.1) is 0 Å². The van der Waals surface area contributed by atoms with Gasteiger partial charge in [-0.1, -0.05) is 19.3 Å². The van der Waals surface area contributed by atoms with Crippen LogP contribution >= 0.6 is 0 Å². The molecule has 1 aromatic carbocycles. The zero-order chi connectivity index (χ0) is 22.9. The summed E-state index contributed by atoms with van der Waals surface area (Å²) in [4.78, 5) is 31.4. The summed E-state index contributed by atoms with van der Waals surface area (Å²) in [6, 6.07) is 11.5. The third kappa shape index (κ3) is 7.29. The molecule has 0 spiro atoms. The molecule has 0 radical (unpaired) electrons. The van der Waals surface area contributed by atoms with Gasteiger partial charge < -0.3 is 20.9 Å². The largest absolute Gasteiger partial charge is 0.349 e. The molecule has 176 valence electrons. The lowest BCUT2D eigenvalue weighted by molar-refractivity contribution is 0.0927. The third-order valence-electron chi connectivity index (χ3n) is 6.73. The van der Waals surface area contributed by atoms with Crippen molar-refractivity contribution in [2.75, 3.05) is 25.0 Å². The van der Waals surface area contributed by atoms with Crippen molar-refractivity contribution in [3.63, 3.8) is 0 Å². The smallest absolute Gasteiger partial charge is 0.319 e. The molecule has 3 N–H and O–H groups in total. The number of nitrogens with zero attached hydrogens (tertiary/aromatic N) is 2. The van der Waals surface area contributed by atoms with E-state index in [1.54, 1.807) is 24.3 Å². The molecule has 7 nitrogen and oxygen atoms in total. The van der Waals surface area contributed by atoms with Gasteiger partial charge in [-0.05, 0) is 74.1 Å². The number of anilines is 1. The van der Waals surface area contributed by atoms with Crippen molar-refractivity contribution in [1.29, 1.82) is 0 Å². The lowest BCUT2D eigenvalue weighted by Gasteiger charge is -2.32. The summed E-state index contributed by atoms with van der Waals surface area (Å²) in [5.41, 5.74) is 2.63. The first-order valence-electron chi connectivity index (χ1n) is 12.3. The lowest BCUT2D eigenvalue weighted by Crippen LogP contribution is -2.46. The molecule has 1 saturated heterocycles. The van der Waals surface area contributed by atoms with E-state index in [-0.39, 0.29) is 24.0 Å². The number of aromatic nitrogens is 1. The minimum absolute atomic E-state index is 0.0337. The number of benzene rings is 1. The first kappa shape index (κ1) is 23.2. The average molecular weight is 450 g/mol. The van der Waals surface area contributed by atoms with Gasteiger partial charge in [0.15, 0.2) is 0 Å². The van der Waals surface area contributed by atoms with Crippen LogP contribution in [-0.2, 0) is 6.42 Å². The molecule has 2 aliphatic rings. The van der Waals surface area contributed by atoms with E-state index in [2.05, 4.69) is 38.0 Å². The van der Waals surface area contributed by atoms with Crippen LogP contribution in [0.4, 0.5) is 10.5 Å². The number of urea groups is 1. The maximum atomic E-state index is 12.4. The molecular formula is C26H35N5O2. The van der Waals surface area contributed by atoms with Gasteiger partial charge in [-0.2, -0.15) is 0 Å². The van der Waals surface area contributed by atoms with Crippen molar-refractivity contribution >= 4 is 17.6 Å². The average Bonchev–Trinajstić information content (AvgIpc) is 2.85. The van der Waals surface area contributed by atoms with E-state index in [4.69, 9.17) is 0 Å². The fraction of sp³-hybridized carbons (Fsp3) is 0.500. The van der Waals surface area contributed by atoms with Crippen LogP contribution in [0.3, 0.4) is 0 Å². The van der Waals surface area contributed by atoms with Crippen LogP contribution < -0.4 is 16.0 Å². The molecule has 2 fully saturated rings. The predicted molar refractivity (Wildman–Crippen MR) is 130 cm³/mol. The number of amides is 3. The van der Waals surface area contributed by atoms with Gasteiger partial charge in [0.25, 0.3) is 5.91 Å². The molecular weight excluding hydrogens is 414 g/mol. The second-order valence-corrected chi connectivity index (χ2v) is 9.21. The maximum Gasteiger partial charge on any atom is 0.319 e. The van der Waals surface area contributed by atoms with Gasteiger partial charge in [-0.25, -0.2) is 4.79 Å². The summed E-state index contributed by atoms with van der Waals surface area (Å²) in [6.07, 6.45) is 12.4. The van der Waals surface area contributed by atoms with E-state index in [9.17, 15) is 9.59 Å². The SMILES string of the molecule is O=C(Nc1ccc(C(=O)NC2CCCCC2)cc1)NC1CCN(CCc2ccncc2)CC1. The molecule has 1 aliphatic carbocycles. The molecule has 33 heavy (non-hydrogen) atoms. The highest BCUT2D eigenvalue weighted by Crippen LogP contribution is 2.18. The maximum absolute atomic E-state index is 12.4. The number of carbonyl (C=O) groups is 2. The Morgan fingerprint density at radius 3 is 2.21 bits per heavy atom. The van der Waals surface area contributed by atoms with Gasteiger partial charge in [0, 0.05) is 55.4 Å². The number of piperidine rings is 1. The fourth-order valence-electron chi connectivity index (χ4n) is 4.71. The number of nitrogens with one attached hydrogen (secondary N) is 3. The minimum atomic E-state index is -0.190. The molecule has 0 atom stereocenters. The van der Waals surface area contributed by atoms with Crippen LogP contribution in [0.1, 0.15) is 60.9 Å². The van der Waals surface area contributed by atoms with Crippen LogP contribution in [-0.4, -0.2) is 53.5 Å². The summed E-state index contributed by atoms with van der Waals surface area (Å²) in [5, 5.41) is 9.11. The Bertz CT molecular complexity index is 889. The zero-order valence-electron chi connectivity index (χ0n) is 19.3. The highest BCUT2D eigenvalue weighted by atomic mass is 16.2. The molecule has 1 saturated carbocycles. The minimum Gasteiger partial charge on any atom is -0.349 e. The molecule has 2 aromatic rings. The van der Waals surface area contributed by atoms with E-state index in [1.807, 2.05) is 12.4 Å². The summed E-state index contributed by atoms with van der Waals surface area (Å²) < 4.78 is 0. The number of carbonyl (C=O) groups excluding carboxylic acids is 2. The van der Waals surface area contributed by atoms with E-state index < -0.39 is 0 Å². The Balaban J connectivity index is 1.16. The molecule has 7 heteroatoms. The molecule has 1 aliphatic heterocycles. The van der Waals surface area contributed by atoms with Crippen molar-refractivity contribution < 1.29 is 9.59 Å². The van der Waals surface area contributed by atoms with Gasteiger partial charge in [-0.3, -0.25) is 9.78 Å². The summed E-state index contributed by atoms with van der Waals surface area (Å²) in [5.74, 6) is -0.0337. The Labute approximate surface area is 196 Å². The predicted octanol–water partition coefficient (Wildman–Crippen LogP) is 3.97. The molecule has 2 heterocycles. The van der Waals surface area contributed by atoms with Crippen LogP contribution in [0.2, 0.25) is 0 Å². The van der Waals surface area contributed by atoms with E-state index in [1.165, 1.54) is 24.8 Å². The second-order valence-electron chi connectivity index (χ2n) is 9.21. The molecule has 0 unspecified atom stereocenters. The van der Waals surface area contributed by atoms with E-state index >= 15 is 0 Å². The van der Waals surface area contributed by atoms with Crippen molar-refractivity contribution in [2.45, 2.75) is 63.5 Å².